The van der Waals surface area contributed by atoms with Crippen LogP contribution in [0.15, 0.2) is 29.7 Å². The van der Waals surface area contributed by atoms with E-state index < -0.39 is 10.0 Å². The summed E-state index contributed by atoms with van der Waals surface area (Å²) in [5.41, 5.74) is 5.24. The van der Waals surface area contributed by atoms with Gasteiger partial charge >= 0.3 is 0 Å². The number of nitrogens with zero attached hydrogens (tertiary/aromatic N) is 2. The number of allylic oxidation sites excluding steroid dienone is 2. The van der Waals surface area contributed by atoms with Gasteiger partial charge in [0.05, 0.1) is 17.0 Å². The highest BCUT2D eigenvalue weighted by Gasteiger charge is 2.49. The highest BCUT2D eigenvalue weighted by molar-refractivity contribution is 7.90. The Hall–Kier alpha value is -2.35. The molecular weight excluding hydrogens is 350 g/mol. The third-order valence-electron chi connectivity index (χ3n) is 6.25. The van der Waals surface area contributed by atoms with Crippen LogP contribution < -0.4 is 4.72 Å². The topological polar surface area (TPSA) is 104 Å². The van der Waals surface area contributed by atoms with E-state index in [1.54, 1.807) is 6.20 Å². The van der Waals surface area contributed by atoms with Crippen LogP contribution in [0.2, 0.25) is 0 Å². The van der Waals surface area contributed by atoms with Gasteiger partial charge < -0.3 is 5.10 Å². The van der Waals surface area contributed by atoms with E-state index in [0.29, 0.717) is 0 Å². The van der Waals surface area contributed by atoms with E-state index in [1.807, 2.05) is 12.3 Å². The maximum Gasteiger partial charge on any atom is 0.235 e. The number of aromatic nitrogens is 4. The van der Waals surface area contributed by atoms with Gasteiger partial charge in [0.2, 0.25) is 10.0 Å². The summed E-state index contributed by atoms with van der Waals surface area (Å²) in [4.78, 5) is 8.71. The van der Waals surface area contributed by atoms with Crippen LogP contribution in [0.1, 0.15) is 44.2 Å². The van der Waals surface area contributed by atoms with Gasteiger partial charge in [0, 0.05) is 33.8 Å². The lowest BCUT2D eigenvalue weighted by molar-refractivity contribution is 0.267. The number of nitrogens with one attached hydrogen (secondary N) is 3. The Balaban J connectivity index is 1.39. The zero-order valence-corrected chi connectivity index (χ0v) is 15.0. The highest BCUT2D eigenvalue weighted by Crippen LogP contribution is 2.57. The molecule has 2 bridgehead atoms. The third-order valence-corrected chi connectivity index (χ3v) is 8.13. The molecule has 3 N–H and O–H groups in total. The van der Waals surface area contributed by atoms with Crippen molar-refractivity contribution in [1.82, 2.24) is 24.9 Å². The van der Waals surface area contributed by atoms with E-state index in [2.05, 4.69) is 24.9 Å². The molecular formula is C18H19N5O2S. The fraction of sp³-hybridized carbons (Fsp3) is 0.444. The molecule has 3 heterocycles. The van der Waals surface area contributed by atoms with Gasteiger partial charge in [0.25, 0.3) is 0 Å². The molecule has 4 aliphatic rings. The summed E-state index contributed by atoms with van der Waals surface area (Å²) in [5, 5.41) is 8.70. The fourth-order valence-electron chi connectivity index (χ4n) is 4.67. The Morgan fingerprint density at radius 2 is 2.04 bits per heavy atom. The first-order valence-corrected chi connectivity index (χ1v) is 10.6. The van der Waals surface area contributed by atoms with Gasteiger partial charge in [0.1, 0.15) is 0 Å². The molecule has 7 nitrogen and oxygen atoms in total. The molecule has 0 amide bonds. The number of hydrogen-bond acceptors (Lipinski definition) is 4. The van der Waals surface area contributed by atoms with Crippen molar-refractivity contribution < 1.29 is 8.42 Å². The molecule has 0 saturated heterocycles. The van der Waals surface area contributed by atoms with E-state index >= 15 is 0 Å². The standard InChI is InChI=1S/C18H19N5O2S/c24-26(25,11-1-2-11)23-13-3-5-18(7-10(13)8-18)16-15-12-4-6-19-17(12)20-9-14(15)21-22-16/h4,6,9,11,21-23H,1-3,5,7-8H2. The maximum atomic E-state index is 12.3. The van der Waals surface area contributed by atoms with Gasteiger partial charge in [-0.2, -0.15) is 0 Å². The summed E-state index contributed by atoms with van der Waals surface area (Å²) < 4.78 is 27.4. The molecule has 4 aliphatic carbocycles. The van der Waals surface area contributed by atoms with Gasteiger partial charge in [-0.1, -0.05) is 0 Å². The van der Waals surface area contributed by atoms with E-state index in [9.17, 15) is 8.42 Å². The van der Waals surface area contributed by atoms with E-state index in [-0.39, 0.29) is 10.7 Å². The van der Waals surface area contributed by atoms with Crippen molar-refractivity contribution in [1.29, 1.82) is 0 Å². The first-order valence-electron chi connectivity index (χ1n) is 9.09. The predicted molar refractivity (Wildman–Crippen MR) is 98.0 cm³/mol. The molecule has 7 rings (SSSR count). The molecule has 2 fully saturated rings. The second kappa shape index (κ2) is 4.68. The number of pyridine rings is 1. The number of rotatable bonds is 4. The first-order chi connectivity index (χ1) is 12.6. The molecule has 0 spiro atoms. The number of fused-ring (bicyclic) bond motifs is 5. The lowest BCUT2D eigenvalue weighted by atomic mass is 9.56. The average Bonchev–Trinajstić information content (AvgIpc) is 3.20. The van der Waals surface area contributed by atoms with Crippen molar-refractivity contribution in [3.05, 3.63) is 35.4 Å². The molecule has 3 aromatic heterocycles. The SMILES string of the molecule is O=S(=O)(NC1=C2CC(c3[nH][nH]c4cnc5nccc5c34)(CC1)C2)C1CC1. The molecule has 0 unspecified atom stereocenters. The van der Waals surface area contributed by atoms with Gasteiger partial charge in [0.15, 0.2) is 5.65 Å². The van der Waals surface area contributed by atoms with Crippen LogP contribution in [0.25, 0.3) is 21.9 Å². The van der Waals surface area contributed by atoms with E-state index in [0.717, 1.165) is 60.8 Å². The largest absolute Gasteiger partial charge is 0.304 e. The van der Waals surface area contributed by atoms with Crippen LogP contribution >= 0.6 is 0 Å². The van der Waals surface area contributed by atoms with Crippen molar-refractivity contribution >= 4 is 32.0 Å². The minimum Gasteiger partial charge on any atom is -0.304 e. The van der Waals surface area contributed by atoms with Crippen LogP contribution in [0.4, 0.5) is 0 Å². The fourth-order valence-corrected chi connectivity index (χ4v) is 6.18. The smallest absolute Gasteiger partial charge is 0.235 e. The van der Waals surface area contributed by atoms with E-state index in [4.69, 9.17) is 0 Å². The molecule has 0 aromatic carbocycles. The molecule has 0 atom stereocenters. The lowest BCUT2D eigenvalue weighted by Crippen LogP contribution is -2.44. The van der Waals surface area contributed by atoms with Crippen molar-refractivity contribution in [2.75, 3.05) is 0 Å². The van der Waals surface area contributed by atoms with Gasteiger partial charge in [-0.05, 0) is 50.2 Å². The minimum absolute atomic E-state index is 0.0632. The lowest BCUT2D eigenvalue weighted by Gasteiger charge is -2.49. The molecule has 3 aromatic rings. The summed E-state index contributed by atoms with van der Waals surface area (Å²) >= 11 is 0. The summed E-state index contributed by atoms with van der Waals surface area (Å²) in [6.45, 7) is 0. The van der Waals surface area contributed by atoms with Crippen LogP contribution in [-0.4, -0.2) is 33.8 Å². The molecule has 134 valence electrons. The summed E-state index contributed by atoms with van der Waals surface area (Å²) in [6.07, 6.45) is 8.77. The zero-order chi connectivity index (χ0) is 17.5. The Morgan fingerprint density at radius 3 is 2.77 bits per heavy atom. The molecule has 2 saturated carbocycles. The average molecular weight is 369 g/mol. The summed E-state index contributed by atoms with van der Waals surface area (Å²) in [6, 6.07) is 2.01. The summed E-state index contributed by atoms with van der Waals surface area (Å²) in [5.74, 6) is 0. The Kier molecular flexibility index (Phi) is 2.66. The quantitative estimate of drug-likeness (QED) is 0.657. The van der Waals surface area contributed by atoms with Gasteiger partial charge in [-0.15, -0.1) is 0 Å². The number of hydrogen-bond donors (Lipinski definition) is 3. The maximum absolute atomic E-state index is 12.3. The second-order valence-corrected chi connectivity index (χ2v) is 9.88. The van der Waals surface area contributed by atoms with Crippen molar-refractivity contribution in [2.45, 2.75) is 49.2 Å². The van der Waals surface area contributed by atoms with Crippen LogP contribution in [-0.2, 0) is 15.4 Å². The third kappa shape index (κ3) is 1.90. The number of sulfonamides is 1. The number of aromatic amines is 2. The molecule has 8 heteroatoms. The Labute approximate surface area is 150 Å². The van der Waals surface area contributed by atoms with Crippen molar-refractivity contribution in [2.24, 2.45) is 0 Å². The van der Waals surface area contributed by atoms with Crippen molar-refractivity contribution in [3.8, 4) is 0 Å². The second-order valence-electron chi connectivity index (χ2n) is 7.92. The monoisotopic (exact) mass is 369 g/mol. The first kappa shape index (κ1) is 14.8. The highest BCUT2D eigenvalue weighted by atomic mass is 32.2. The minimum atomic E-state index is -3.16. The van der Waals surface area contributed by atoms with Crippen LogP contribution in [0.3, 0.4) is 0 Å². The Bertz CT molecular complexity index is 1190. The predicted octanol–water partition coefficient (Wildman–Crippen LogP) is 2.60. The van der Waals surface area contributed by atoms with Gasteiger partial charge in [-0.3, -0.25) is 9.82 Å². The van der Waals surface area contributed by atoms with Crippen LogP contribution in [0.5, 0.6) is 0 Å². The normalized spacial score (nSPS) is 22.0. The summed E-state index contributed by atoms with van der Waals surface area (Å²) in [7, 11) is -3.16. The van der Waals surface area contributed by atoms with E-state index in [1.165, 1.54) is 16.7 Å². The zero-order valence-electron chi connectivity index (χ0n) is 14.2. The van der Waals surface area contributed by atoms with Crippen molar-refractivity contribution in [3.63, 3.8) is 0 Å². The van der Waals surface area contributed by atoms with Crippen LogP contribution in [0, 0.1) is 0 Å². The van der Waals surface area contributed by atoms with Gasteiger partial charge in [-0.25, -0.2) is 18.4 Å². The molecule has 0 radical (unpaired) electrons. The molecule has 26 heavy (non-hydrogen) atoms. The number of H-pyrrole nitrogens is 2. The molecule has 0 aliphatic heterocycles. The Morgan fingerprint density at radius 1 is 1.19 bits per heavy atom.